The van der Waals surface area contributed by atoms with Crippen molar-refractivity contribution in [3.63, 3.8) is 0 Å². The minimum absolute atomic E-state index is 0.0743. The van der Waals surface area contributed by atoms with Gasteiger partial charge in [-0.15, -0.1) is 0 Å². The van der Waals surface area contributed by atoms with Crippen molar-refractivity contribution in [3.05, 3.63) is 46.8 Å². The van der Waals surface area contributed by atoms with E-state index >= 15 is 8.78 Å². The molecule has 2 aromatic carbocycles. The summed E-state index contributed by atoms with van der Waals surface area (Å²) in [4.78, 5) is 0. The summed E-state index contributed by atoms with van der Waals surface area (Å²) in [6.07, 6.45) is 15.6. The Balaban J connectivity index is 1.23. The molecular weight excluding hydrogens is 429 g/mol. The second-order valence-electron chi connectivity index (χ2n) is 11.2. The molecule has 2 fully saturated rings. The molecule has 0 bridgehead atoms. The number of fused-ring (bicyclic) bond motifs is 4. The molecule has 0 heterocycles. The van der Waals surface area contributed by atoms with E-state index in [0.717, 1.165) is 49.0 Å². The quantitative estimate of drug-likeness (QED) is 0.303. The molecule has 3 aliphatic rings. The number of hydrogen-bond donors (Lipinski definition) is 0. The Morgan fingerprint density at radius 3 is 2.00 bits per heavy atom. The number of hydrogen-bond acceptors (Lipinski definition) is 0. The maximum Gasteiger partial charge on any atom is 0.167 e. The predicted octanol–water partition coefficient (Wildman–Crippen LogP) is 9.97. The van der Waals surface area contributed by atoms with Crippen molar-refractivity contribution < 1.29 is 13.2 Å². The first-order valence-electron chi connectivity index (χ1n) is 13.9. The number of benzene rings is 2. The van der Waals surface area contributed by atoms with Gasteiger partial charge in [-0.1, -0.05) is 64.5 Å². The third-order valence-corrected chi connectivity index (χ3v) is 9.36. The largest absolute Gasteiger partial charge is 0.206 e. The molecule has 5 rings (SSSR count). The first-order chi connectivity index (χ1) is 16.5. The van der Waals surface area contributed by atoms with Crippen LogP contribution in [0.15, 0.2) is 18.2 Å². The van der Waals surface area contributed by atoms with Crippen LogP contribution >= 0.6 is 0 Å². The summed E-state index contributed by atoms with van der Waals surface area (Å²) in [6, 6.07) is 5.48. The van der Waals surface area contributed by atoms with E-state index in [1.807, 2.05) is 19.1 Å². The summed E-state index contributed by atoms with van der Waals surface area (Å²) in [7, 11) is 0. The third kappa shape index (κ3) is 4.22. The Morgan fingerprint density at radius 2 is 1.35 bits per heavy atom. The van der Waals surface area contributed by atoms with Crippen LogP contribution in [-0.2, 0) is 6.42 Å². The number of halogens is 3. The Morgan fingerprint density at radius 1 is 0.706 bits per heavy atom. The zero-order chi connectivity index (χ0) is 23.8. The summed E-state index contributed by atoms with van der Waals surface area (Å²) in [5.74, 6) is 0.584. The highest BCUT2D eigenvalue weighted by atomic mass is 19.2. The smallest absolute Gasteiger partial charge is 0.167 e. The normalized spacial score (nSPS) is 26.0. The van der Waals surface area contributed by atoms with Gasteiger partial charge in [0.05, 0.1) is 0 Å². The van der Waals surface area contributed by atoms with E-state index < -0.39 is 11.6 Å². The predicted molar refractivity (Wildman–Crippen MR) is 134 cm³/mol. The maximum atomic E-state index is 15.2. The second-order valence-corrected chi connectivity index (χ2v) is 11.2. The molecule has 34 heavy (non-hydrogen) atoms. The molecule has 0 spiro atoms. The van der Waals surface area contributed by atoms with Crippen molar-refractivity contribution in [2.45, 2.75) is 103 Å². The molecular formula is C31H39F3. The highest BCUT2D eigenvalue weighted by Crippen LogP contribution is 2.53. The topological polar surface area (TPSA) is 0 Å². The number of rotatable bonds is 7. The van der Waals surface area contributed by atoms with Gasteiger partial charge in [-0.25, -0.2) is 13.2 Å². The number of aryl methyl sites for hydroxylation is 1. The highest BCUT2D eigenvalue weighted by molar-refractivity contribution is 6.03. The minimum Gasteiger partial charge on any atom is -0.206 e. The fourth-order valence-corrected chi connectivity index (χ4v) is 7.23. The van der Waals surface area contributed by atoms with Gasteiger partial charge in [0.2, 0.25) is 0 Å². The molecule has 0 radical (unpaired) electrons. The van der Waals surface area contributed by atoms with E-state index in [0.29, 0.717) is 23.1 Å². The van der Waals surface area contributed by atoms with Crippen molar-refractivity contribution in [1.29, 1.82) is 0 Å². The van der Waals surface area contributed by atoms with Crippen LogP contribution in [-0.4, -0.2) is 0 Å². The molecule has 2 aromatic rings. The molecule has 0 aliphatic heterocycles. The van der Waals surface area contributed by atoms with E-state index in [9.17, 15) is 4.39 Å². The molecule has 0 N–H and O–H groups in total. The molecule has 0 aromatic heterocycles. The van der Waals surface area contributed by atoms with Crippen molar-refractivity contribution in [1.82, 2.24) is 0 Å². The maximum absolute atomic E-state index is 15.2. The minimum atomic E-state index is -0.851. The average Bonchev–Trinajstić information content (AvgIpc) is 2.85. The standard InChI is InChI=1S/C31H39F3/c1-3-5-6-7-19-8-10-21(11-9-19)22-12-14-23(15-13-22)25-18-26-24-17-16-20(4-2)29(32)27(24)28(26)31(34)30(25)33/h16-19,21-23H,3-15H2,1-2H3. The van der Waals surface area contributed by atoms with Gasteiger partial charge in [0.15, 0.2) is 11.6 Å². The Labute approximate surface area is 203 Å². The zero-order valence-electron chi connectivity index (χ0n) is 20.9. The summed E-state index contributed by atoms with van der Waals surface area (Å²) >= 11 is 0. The Kier molecular flexibility index (Phi) is 7.09. The van der Waals surface area contributed by atoms with Crippen LogP contribution < -0.4 is 0 Å². The van der Waals surface area contributed by atoms with Gasteiger partial charge in [0.1, 0.15) is 5.82 Å². The molecule has 3 heteroatoms. The molecule has 0 nitrogen and oxygen atoms in total. The van der Waals surface area contributed by atoms with Crippen molar-refractivity contribution >= 4 is 0 Å². The Bertz CT molecular complexity index is 1020. The molecule has 2 saturated carbocycles. The van der Waals surface area contributed by atoms with Gasteiger partial charge in [-0.05, 0) is 96.9 Å². The summed E-state index contributed by atoms with van der Waals surface area (Å²) in [5.41, 5.74) is 2.91. The van der Waals surface area contributed by atoms with Gasteiger partial charge >= 0.3 is 0 Å². The lowest BCUT2D eigenvalue weighted by Crippen LogP contribution is -2.26. The van der Waals surface area contributed by atoms with E-state index in [-0.39, 0.29) is 22.9 Å². The lowest BCUT2D eigenvalue weighted by atomic mass is 9.67. The van der Waals surface area contributed by atoms with Crippen LogP contribution in [0, 0.1) is 35.2 Å². The van der Waals surface area contributed by atoms with Crippen LogP contribution in [0.4, 0.5) is 13.2 Å². The van der Waals surface area contributed by atoms with Crippen LogP contribution in [0.2, 0.25) is 0 Å². The van der Waals surface area contributed by atoms with Crippen LogP contribution in [0.25, 0.3) is 22.3 Å². The lowest BCUT2D eigenvalue weighted by Gasteiger charge is -2.38. The zero-order valence-corrected chi connectivity index (χ0v) is 20.9. The second kappa shape index (κ2) is 10.1. The fraction of sp³-hybridized carbons (Fsp3) is 0.613. The monoisotopic (exact) mass is 468 g/mol. The molecule has 184 valence electrons. The first-order valence-corrected chi connectivity index (χ1v) is 13.9. The van der Waals surface area contributed by atoms with Crippen LogP contribution in [0.5, 0.6) is 0 Å². The van der Waals surface area contributed by atoms with Gasteiger partial charge in [-0.2, -0.15) is 0 Å². The van der Waals surface area contributed by atoms with E-state index in [1.54, 1.807) is 6.07 Å². The average molecular weight is 469 g/mol. The molecule has 0 amide bonds. The summed E-state index contributed by atoms with van der Waals surface area (Å²) in [5, 5.41) is 0. The first kappa shape index (κ1) is 23.9. The van der Waals surface area contributed by atoms with Gasteiger partial charge in [0, 0.05) is 11.1 Å². The van der Waals surface area contributed by atoms with Crippen molar-refractivity contribution in [3.8, 4) is 22.3 Å². The van der Waals surface area contributed by atoms with Gasteiger partial charge < -0.3 is 0 Å². The summed E-state index contributed by atoms with van der Waals surface area (Å²) in [6.45, 7) is 4.15. The third-order valence-electron chi connectivity index (χ3n) is 9.36. The van der Waals surface area contributed by atoms with Crippen molar-refractivity contribution in [2.75, 3.05) is 0 Å². The lowest BCUT2D eigenvalue weighted by molar-refractivity contribution is 0.155. The van der Waals surface area contributed by atoms with E-state index in [4.69, 9.17) is 0 Å². The fourth-order valence-electron chi connectivity index (χ4n) is 7.23. The Hall–Kier alpha value is -1.77. The molecule has 0 unspecified atom stereocenters. The molecule has 0 saturated heterocycles. The van der Waals surface area contributed by atoms with E-state index in [1.165, 1.54) is 51.4 Å². The molecule has 0 atom stereocenters. The number of unbranched alkanes of at least 4 members (excludes halogenated alkanes) is 2. The van der Waals surface area contributed by atoms with Gasteiger partial charge in [0.25, 0.3) is 0 Å². The van der Waals surface area contributed by atoms with Crippen molar-refractivity contribution in [2.24, 2.45) is 17.8 Å². The molecule has 3 aliphatic carbocycles. The van der Waals surface area contributed by atoms with Crippen LogP contribution in [0.3, 0.4) is 0 Å². The van der Waals surface area contributed by atoms with Gasteiger partial charge in [-0.3, -0.25) is 0 Å². The highest BCUT2D eigenvalue weighted by Gasteiger charge is 2.37. The van der Waals surface area contributed by atoms with E-state index in [2.05, 4.69) is 6.92 Å². The summed E-state index contributed by atoms with van der Waals surface area (Å²) < 4.78 is 45.1. The SMILES string of the molecule is CCCCCC1CCC(C2CCC(c3cc4c(c(F)c3F)-c3c-4ccc(CC)c3F)CC2)CC1. The van der Waals surface area contributed by atoms with Crippen LogP contribution in [0.1, 0.15) is 108 Å².